The first-order valence-corrected chi connectivity index (χ1v) is 7.81. The van der Waals surface area contributed by atoms with Gasteiger partial charge in [0.05, 0.1) is 17.3 Å². The standard InChI is InChI=1S/C17H21N4O/c18-10-13-3-1-2-4-15(13)21-7-5-12(6-8-21)9-14-11-20-16(14)17(19)22/h1-4,9,12,14,16,20H,5-8,11H2,(H2,19,22). The molecule has 0 aliphatic carbocycles. The molecule has 1 aromatic carbocycles. The summed E-state index contributed by atoms with van der Waals surface area (Å²) in [4.78, 5) is 13.5. The minimum Gasteiger partial charge on any atom is -0.370 e. The molecule has 3 N–H and O–H groups in total. The molecule has 1 aromatic rings. The molecular formula is C17H21N4O. The maximum Gasteiger partial charge on any atom is 0.234 e. The molecule has 2 aliphatic heterocycles. The highest BCUT2D eigenvalue weighted by Gasteiger charge is 2.36. The molecule has 2 fully saturated rings. The van der Waals surface area contributed by atoms with Crippen LogP contribution in [-0.2, 0) is 4.79 Å². The van der Waals surface area contributed by atoms with Crippen LogP contribution in [0.1, 0.15) is 18.4 Å². The Labute approximate surface area is 131 Å². The number of hydrogen-bond donors (Lipinski definition) is 2. The number of hydrogen-bond acceptors (Lipinski definition) is 4. The van der Waals surface area contributed by atoms with Gasteiger partial charge < -0.3 is 16.0 Å². The largest absolute Gasteiger partial charge is 0.370 e. The minimum atomic E-state index is -0.257. The summed E-state index contributed by atoms with van der Waals surface area (Å²) in [6, 6.07) is 9.84. The number of anilines is 1. The Hall–Kier alpha value is -2.06. The number of primary amides is 1. The van der Waals surface area contributed by atoms with Crippen molar-refractivity contribution in [3.63, 3.8) is 0 Å². The average Bonchev–Trinajstić information content (AvgIpc) is 2.51. The number of carbonyl (C=O) groups excluding carboxylic acids is 1. The van der Waals surface area contributed by atoms with E-state index in [1.165, 1.54) is 0 Å². The zero-order valence-electron chi connectivity index (χ0n) is 12.5. The van der Waals surface area contributed by atoms with Crippen molar-refractivity contribution in [1.82, 2.24) is 5.32 Å². The number of carbonyl (C=O) groups is 1. The number of para-hydroxylation sites is 1. The molecule has 5 nitrogen and oxygen atoms in total. The van der Waals surface area contributed by atoms with Gasteiger partial charge in [0.1, 0.15) is 6.07 Å². The molecule has 2 unspecified atom stereocenters. The third kappa shape index (κ3) is 2.93. The fourth-order valence-corrected chi connectivity index (χ4v) is 3.39. The topological polar surface area (TPSA) is 82.2 Å². The van der Waals surface area contributed by atoms with Crippen LogP contribution < -0.4 is 16.0 Å². The fraction of sp³-hybridized carbons (Fsp3) is 0.471. The molecule has 0 bridgehead atoms. The van der Waals surface area contributed by atoms with Crippen molar-refractivity contribution in [2.75, 3.05) is 24.5 Å². The molecule has 2 heterocycles. The molecule has 5 heteroatoms. The number of benzene rings is 1. The number of nitrogens with zero attached hydrogens (tertiary/aromatic N) is 2. The van der Waals surface area contributed by atoms with Crippen LogP contribution in [0.3, 0.4) is 0 Å². The lowest BCUT2D eigenvalue weighted by atomic mass is 9.79. The minimum absolute atomic E-state index is 0.183. The summed E-state index contributed by atoms with van der Waals surface area (Å²) in [6.45, 7) is 2.74. The van der Waals surface area contributed by atoms with Gasteiger partial charge in [-0.25, -0.2) is 0 Å². The van der Waals surface area contributed by atoms with Gasteiger partial charge in [-0.15, -0.1) is 0 Å². The molecule has 22 heavy (non-hydrogen) atoms. The number of amides is 1. The van der Waals surface area contributed by atoms with Gasteiger partial charge in [0, 0.05) is 19.6 Å². The number of nitrogens with two attached hydrogens (primary N) is 1. The lowest BCUT2D eigenvalue weighted by Gasteiger charge is -2.40. The summed E-state index contributed by atoms with van der Waals surface area (Å²) in [5.74, 6) is 0.549. The molecule has 2 saturated heterocycles. The van der Waals surface area contributed by atoms with Crippen LogP contribution in [0.15, 0.2) is 24.3 Å². The monoisotopic (exact) mass is 297 g/mol. The van der Waals surface area contributed by atoms with Gasteiger partial charge in [-0.1, -0.05) is 12.1 Å². The predicted octanol–water partition coefficient (Wildman–Crippen LogP) is 1.05. The second kappa shape index (κ2) is 6.37. The summed E-state index contributed by atoms with van der Waals surface area (Å²) < 4.78 is 0. The van der Waals surface area contributed by atoms with Crippen molar-refractivity contribution in [3.05, 3.63) is 36.2 Å². The van der Waals surface area contributed by atoms with E-state index in [0.29, 0.717) is 5.92 Å². The van der Waals surface area contributed by atoms with Gasteiger partial charge in [0.15, 0.2) is 0 Å². The van der Waals surface area contributed by atoms with E-state index in [4.69, 9.17) is 5.73 Å². The summed E-state index contributed by atoms with van der Waals surface area (Å²) in [5.41, 5.74) is 7.13. The molecule has 0 aromatic heterocycles. The van der Waals surface area contributed by atoms with Crippen molar-refractivity contribution < 1.29 is 4.79 Å². The van der Waals surface area contributed by atoms with Gasteiger partial charge in [-0.2, -0.15) is 5.26 Å². The number of piperidine rings is 1. The van der Waals surface area contributed by atoms with E-state index in [2.05, 4.69) is 22.7 Å². The van der Waals surface area contributed by atoms with Gasteiger partial charge in [0.2, 0.25) is 5.91 Å². The third-order valence-corrected chi connectivity index (χ3v) is 4.73. The van der Waals surface area contributed by atoms with Crippen molar-refractivity contribution in [3.8, 4) is 6.07 Å². The van der Waals surface area contributed by atoms with Gasteiger partial charge >= 0.3 is 0 Å². The van der Waals surface area contributed by atoms with Gasteiger partial charge in [-0.3, -0.25) is 4.79 Å². The summed E-state index contributed by atoms with van der Waals surface area (Å²) >= 11 is 0. The molecule has 3 rings (SSSR count). The zero-order valence-corrected chi connectivity index (χ0v) is 12.5. The Kier molecular flexibility index (Phi) is 4.30. The Morgan fingerprint density at radius 1 is 1.36 bits per heavy atom. The van der Waals surface area contributed by atoms with E-state index in [9.17, 15) is 10.1 Å². The first kappa shape index (κ1) is 14.9. The van der Waals surface area contributed by atoms with Crippen molar-refractivity contribution in [2.24, 2.45) is 17.6 Å². The number of nitrogens with one attached hydrogen (secondary N) is 1. The van der Waals surface area contributed by atoms with E-state index >= 15 is 0 Å². The Morgan fingerprint density at radius 3 is 2.68 bits per heavy atom. The molecule has 1 radical (unpaired) electrons. The normalized spacial score (nSPS) is 25.3. The Bertz CT molecular complexity index is 587. The first-order chi connectivity index (χ1) is 10.7. The van der Waals surface area contributed by atoms with Crippen LogP contribution >= 0.6 is 0 Å². The SMILES string of the molecule is N#Cc1ccccc1N1CCC([CH]C2CNC2C(N)=O)CC1. The van der Waals surface area contributed by atoms with Crippen molar-refractivity contribution in [1.29, 1.82) is 5.26 Å². The lowest BCUT2D eigenvalue weighted by molar-refractivity contribution is -0.123. The summed E-state index contributed by atoms with van der Waals surface area (Å²) in [5, 5.41) is 12.3. The Morgan fingerprint density at radius 2 is 2.09 bits per heavy atom. The molecule has 115 valence electrons. The van der Waals surface area contributed by atoms with Crippen LogP contribution in [0, 0.1) is 29.6 Å². The van der Waals surface area contributed by atoms with E-state index < -0.39 is 0 Å². The maximum atomic E-state index is 11.2. The van der Waals surface area contributed by atoms with Gasteiger partial charge in [0.25, 0.3) is 0 Å². The third-order valence-electron chi connectivity index (χ3n) is 4.73. The van der Waals surface area contributed by atoms with Crippen LogP contribution in [0.5, 0.6) is 0 Å². The van der Waals surface area contributed by atoms with Crippen molar-refractivity contribution in [2.45, 2.75) is 18.9 Å². The zero-order chi connectivity index (χ0) is 15.5. The quantitative estimate of drug-likeness (QED) is 0.870. The lowest BCUT2D eigenvalue weighted by Crippen LogP contribution is -2.60. The second-order valence-electron chi connectivity index (χ2n) is 6.10. The fourth-order valence-electron chi connectivity index (χ4n) is 3.39. The summed E-state index contributed by atoms with van der Waals surface area (Å²) in [7, 11) is 0. The van der Waals surface area contributed by atoms with Crippen LogP contribution in [0.4, 0.5) is 5.69 Å². The maximum absolute atomic E-state index is 11.2. The molecule has 2 atom stereocenters. The highest BCUT2D eigenvalue weighted by molar-refractivity contribution is 5.81. The van der Waals surface area contributed by atoms with E-state index in [1.807, 2.05) is 24.3 Å². The second-order valence-corrected chi connectivity index (χ2v) is 6.10. The Balaban J connectivity index is 1.55. The molecule has 0 spiro atoms. The summed E-state index contributed by atoms with van der Waals surface area (Å²) in [6.07, 6.45) is 4.42. The molecule has 0 saturated carbocycles. The smallest absolute Gasteiger partial charge is 0.234 e. The van der Waals surface area contributed by atoms with Gasteiger partial charge in [-0.05, 0) is 43.2 Å². The van der Waals surface area contributed by atoms with E-state index in [0.717, 1.165) is 43.7 Å². The molecular weight excluding hydrogens is 276 g/mol. The van der Waals surface area contributed by atoms with Crippen LogP contribution in [0.25, 0.3) is 0 Å². The highest BCUT2D eigenvalue weighted by Crippen LogP contribution is 2.30. The van der Waals surface area contributed by atoms with Crippen molar-refractivity contribution >= 4 is 11.6 Å². The average molecular weight is 297 g/mol. The van der Waals surface area contributed by atoms with E-state index in [1.54, 1.807) is 0 Å². The number of nitriles is 1. The first-order valence-electron chi connectivity index (χ1n) is 7.81. The number of rotatable bonds is 4. The predicted molar refractivity (Wildman–Crippen MR) is 84.9 cm³/mol. The van der Waals surface area contributed by atoms with E-state index in [-0.39, 0.29) is 17.9 Å². The molecule has 1 amide bonds. The molecule has 2 aliphatic rings. The van der Waals surface area contributed by atoms with Crippen LogP contribution in [0.2, 0.25) is 0 Å². The highest BCUT2D eigenvalue weighted by atomic mass is 16.1. The van der Waals surface area contributed by atoms with Crippen LogP contribution in [-0.4, -0.2) is 31.6 Å².